The highest BCUT2D eigenvalue weighted by atomic mass is 19.3. The van der Waals surface area contributed by atoms with E-state index in [2.05, 4.69) is 130 Å². The van der Waals surface area contributed by atoms with Crippen LogP contribution in [0, 0.1) is 5.92 Å². The fourth-order valence-corrected chi connectivity index (χ4v) is 14.6. The average Bonchev–Trinajstić information content (AvgIpc) is 0.872. The van der Waals surface area contributed by atoms with Crippen LogP contribution >= 0.6 is 0 Å². The molecular weight excluding hydrogens is 1570 g/mol. The number of nitrogens with two attached hydrogens (primary N) is 4. The Hall–Kier alpha value is -13.5. The van der Waals surface area contributed by atoms with Crippen molar-refractivity contribution in [1.29, 1.82) is 0 Å². The molecule has 0 aliphatic heterocycles. The average molecular weight is 1670 g/mol. The minimum atomic E-state index is -2.95. The van der Waals surface area contributed by atoms with Gasteiger partial charge in [-0.2, -0.15) is 79.9 Å². The number of aliphatic hydroxyl groups is 1. The van der Waals surface area contributed by atoms with Gasteiger partial charge in [-0.25, -0.2) is 28.7 Å². The molecule has 12 aromatic rings. The number of aromatic nitrogens is 20. The zero-order chi connectivity index (χ0) is 86.0. The van der Waals surface area contributed by atoms with Crippen LogP contribution in [0.4, 0.5) is 78.6 Å². The molecule has 8 aromatic heterocycles. The predicted molar refractivity (Wildman–Crippen MR) is 455 cm³/mol. The SMILES string of the molecule is CC(=O)c1cnc(N[C@@H]2CCCC(C)[C@@H]2N)nc1Nc1cccc(-n2nccn2)c1.CC(=O)c1cnc(N[C@@H]2CCCC(F)(F)[C@@H]2N)nc1Nc1cccc(-n2nccn2)c1.CC(=O)c1cnc(N[C@@H]2CCCC(O)[C@@H]2N)nc1Nc1cccc(-n2nccn2)c1.COC1CCC[C@@H](Nc2ncc(C(C)=O)c(Nc3cccc(-n4nccn4)c3)n2)[C@H]1N. The van der Waals surface area contributed by atoms with E-state index >= 15 is 0 Å². The van der Waals surface area contributed by atoms with Crippen LogP contribution in [0.1, 0.15) is 153 Å². The number of carbonyl (C=O) groups is 4. The number of nitrogens with one attached hydrogen (secondary N) is 8. The second-order valence-corrected chi connectivity index (χ2v) is 30.0. The second-order valence-electron chi connectivity index (χ2n) is 30.0. The summed E-state index contributed by atoms with van der Waals surface area (Å²) in [4.78, 5) is 89.5. The molecule has 11 atom stereocenters. The highest BCUT2D eigenvalue weighted by Gasteiger charge is 2.45. The summed E-state index contributed by atoms with van der Waals surface area (Å²) in [6.45, 7) is 8.03. The maximum absolute atomic E-state index is 14.0. The zero-order valence-electron chi connectivity index (χ0n) is 68.0. The second kappa shape index (κ2) is 40.0. The normalized spacial score (nSPS) is 20.9. The van der Waals surface area contributed by atoms with Crippen molar-refractivity contribution >= 4 is 92.9 Å². The summed E-state index contributed by atoms with van der Waals surface area (Å²) >= 11 is 0. The fraction of sp³-hybridized carbons (Fsp3) is 0.366. The molecule has 4 fully saturated rings. The van der Waals surface area contributed by atoms with E-state index in [0.29, 0.717) is 88.5 Å². The molecule has 4 aliphatic carbocycles. The Bertz CT molecular complexity index is 5330. The van der Waals surface area contributed by atoms with E-state index in [9.17, 15) is 33.1 Å². The van der Waals surface area contributed by atoms with E-state index < -0.39 is 30.2 Å². The van der Waals surface area contributed by atoms with Crippen molar-refractivity contribution < 1.29 is 37.8 Å². The Morgan fingerprint density at radius 3 is 1.03 bits per heavy atom. The third kappa shape index (κ3) is 22.1. The fourth-order valence-electron chi connectivity index (χ4n) is 14.6. The first-order valence-electron chi connectivity index (χ1n) is 40.0. The van der Waals surface area contributed by atoms with Crippen LogP contribution < -0.4 is 65.5 Å². The summed E-state index contributed by atoms with van der Waals surface area (Å²) in [7, 11) is 1.68. The Labute approximate surface area is 700 Å². The number of ketones is 4. The molecule has 40 heteroatoms. The topological polar surface area (TPSA) is 524 Å². The molecule has 16 rings (SSSR count). The lowest BCUT2D eigenvalue weighted by atomic mass is 9.83. The van der Waals surface area contributed by atoms with Crippen LogP contribution in [0.25, 0.3) is 22.7 Å². The van der Waals surface area contributed by atoms with Crippen LogP contribution in [0.3, 0.4) is 0 Å². The van der Waals surface area contributed by atoms with Crippen LogP contribution in [0.15, 0.2) is 171 Å². The minimum Gasteiger partial charge on any atom is -0.391 e. The summed E-state index contributed by atoms with van der Waals surface area (Å²) in [5.41, 5.74) is 32.0. The van der Waals surface area contributed by atoms with Gasteiger partial charge in [0.2, 0.25) is 23.8 Å². The maximum Gasteiger partial charge on any atom is 0.264 e. The van der Waals surface area contributed by atoms with Gasteiger partial charge < -0.3 is 75.3 Å². The van der Waals surface area contributed by atoms with E-state index in [4.69, 9.17) is 27.7 Å². The van der Waals surface area contributed by atoms with Crippen molar-refractivity contribution in [3.8, 4) is 22.7 Å². The lowest BCUT2D eigenvalue weighted by Gasteiger charge is -2.35. The van der Waals surface area contributed by atoms with Gasteiger partial charge in [-0.3, -0.25) is 19.2 Å². The van der Waals surface area contributed by atoms with Gasteiger partial charge >= 0.3 is 0 Å². The predicted octanol–water partition coefficient (Wildman–Crippen LogP) is 9.83. The molecule has 0 amide bonds. The number of methoxy groups -OCH3 is 1. The Morgan fingerprint density at radius 2 is 0.705 bits per heavy atom. The summed E-state index contributed by atoms with van der Waals surface area (Å²) < 4.78 is 33.4. The van der Waals surface area contributed by atoms with Crippen LogP contribution in [0.2, 0.25) is 0 Å². The number of Topliss-reactive ketones (excluding diaryl/α,β-unsaturated/α-hetero) is 4. The molecule has 0 spiro atoms. The molecule has 122 heavy (non-hydrogen) atoms. The third-order valence-corrected chi connectivity index (χ3v) is 21.3. The van der Waals surface area contributed by atoms with Gasteiger partial charge in [-0.15, -0.1) is 0 Å². The Kier molecular flexibility index (Phi) is 28.3. The molecule has 0 bridgehead atoms. The van der Waals surface area contributed by atoms with Crippen molar-refractivity contribution in [2.24, 2.45) is 28.9 Å². The number of nitrogens with zero attached hydrogens (tertiary/aromatic N) is 20. The molecule has 8 heterocycles. The van der Waals surface area contributed by atoms with Crippen LogP contribution in [0.5, 0.6) is 0 Å². The number of hydrogen-bond donors (Lipinski definition) is 13. The standard InChI is InChI=1S/C21H26N8O2.C21H26N8O.C20H22F2N8O.C20H24N8O2/c1-13(30)16-12-23-21(27-17-7-4-8-18(31-2)19(17)22)28-20(16)26-14-5-3-6-15(11-14)29-24-9-10-25-29;1-13-5-3-8-18(19(13)22)27-21-23-12-17(14(2)30)20(28-21)26-15-6-4-7-16(11-15)29-24-9-10-25-29;1-12(31)15-11-24-19(28-16-6-3-7-20(21,22)17(16)23)29-18(15)27-13-4-2-5-14(10-13)30-25-8-9-26-30;1-12(29)15-11-22-20(26-16-6-3-7-17(30)18(16)21)27-19(15)25-13-4-2-5-14(10-13)28-23-8-9-24-28/h3,5-6,9-12,17-19H,4,7-8,22H2,1-2H3,(H2,23,26,27,28);4,6-7,9-13,18-19H,3,5,8,22H2,1-2H3,(H2,23,26,27,28);2,4-5,8-11,16-17H,3,6-7,23H2,1H3,(H2,24,27,28,29);2,4-5,8-11,16-18,30H,3,6-7,21H2,1H3,(H2,22,25,26,27)/t17-,18?,19-;13?,18-,19+;16-,17-;16-,17?,18-/m1111/s1. The summed E-state index contributed by atoms with van der Waals surface area (Å²) in [6.07, 6.45) is 27.2. The molecule has 0 saturated heterocycles. The minimum absolute atomic E-state index is 0.000941. The van der Waals surface area contributed by atoms with E-state index in [-0.39, 0.29) is 83.2 Å². The van der Waals surface area contributed by atoms with Crippen molar-refractivity contribution in [3.05, 3.63) is 194 Å². The van der Waals surface area contributed by atoms with E-state index in [1.165, 1.54) is 65.5 Å². The number of anilines is 12. The Morgan fingerprint density at radius 1 is 0.410 bits per heavy atom. The van der Waals surface area contributed by atoms with Crippen molar-refractivity contribution in [2.45, 2.75) is 178 Å². The van der Waals surface area contributed by atoms with Gasteiger partial charge in [0.05, 0.1) is 131 Å². The number of halogens is 2. The number of aliphatic hydroxyl groups excluding tert-OH is 1. The first-order valence-corrected chi connectivity index (χ1v) is 40.0. The Balaban J connectivity index is 0.000000140. The number of benzene rings is 4. The quantitative estimate of drug-likeness (QED) is 0.0237. The van der Waals surface area contributed by atoms with E-state index in [1.807, 2.05) is 78.9 Å². The van der Waals surface area contributed by atoms with Gasteiger partial charge in [-0.1, -0.05) is 37.6 Å². The smallest absolute Gasteiger partial charge is 0.264 e. The lowest BCUT2D eigenvalue weighted by Crippen LogP contribution is -2.55. The van der Waals surface area contributed by atoms with Crippen molar-refractivity contribution in [2.75, 3.05) is 49.6 Å². The zero-order valence-corrected chi connectivity index (χ0v) is 68.0. The number of alkyl halides is 2. The molecular formula is C82H98F2N32O6. The molecule has 4 aromatic carbocycles. The number of ether oxygens (including phenoxy) is 1. The molecule has 38 nitrogen and oxygen atoms in total. The van der Waals surface area contributed by atoms with Crippen molar-refractivity contribution in [3.63, 3.8) is 0 Å². The van der Waals surface area contributed by atoms with Gasteiger partial charge in [0, 0.05) is 85.2 Å². The van der Waals surface area contributed by atoms with E-state index in [0.717, 1.165) is 85.5 Å². The molecule has 17 N–H and O–H groups in total. The molecule has 0 radical (unpaired) electrons. The molecule has 3 unspecified atom stereocenters. The number of hydrogen-bond acceptors (Lipinski definition) is 34. The first kappa shape index (κ1) is 86.3. The third-order valence-electron chi connectivity index (χ3n) is 21.3. The molecule has 4 aliphatic rings. The summed E-state index contributed by atoms with van der Waals surface area (Å²) in [5.74, 6) is -0.285. The highest BCUT2D eigenvalue weighted by Crippen LogP contribution is 2.36. The van der Waals surface area contributed by atoms with Gasteiger partial charge in [0.15, 0.2) is 23.1 Å². The first-order chi connectivity index (χ1) is 58.9. The number of rotatable bonds is 25. The largest absolute Gasteiger partial charge is 0.391 e. The van der Waals surface area contributed by atoms with Gasteiger partial charge in [-0.05, 0) is 171 Å². The maximum atomic E-state index is 14.0. The number of carbonyl (C=O) groups excluding carboxylic acids is 4. The lowest BCUT2D eigenvalue weighted by molar-refractivity contribution is -0.0555. The summed E-state index contributed by atoms with van der Waals surface area (Å²) in [6, 6.07) is 27.2. The highest BCUT2D eigenvalue weighted by molar-refractivity contribution is 6.01. The van der Waals surface area contributed by atoms with Crippen LogP contribution in [-0.2, 0) is 4.74 Å². The van der Waals surface area contributed by atoms with Crippen LogP contribution in [-0.4, -0.2) is 202 Å². The van der Waals surface area contributed by atoms with E-state index in [1.54, 1.807) is 81.1 Å². The van der Waals surface area contributed by atoms with Gasteiger partial charge in [0.25, 0.3) is 5.92 Å². The van der Waals surface area contributed by atoms with Crippen molar-refractivity contribution in [1.82, 2.24) is 99.8 Å². The molecule has 4 saturated carbocycles. The molecule has 636 valence electrons. The van der Waals surface area contributed by atoms with Gasteiger partial charge in [0.1, 0.15) is 23.3 Å². The monoisotopic (exact) mass is 1660 g/mol. The summed E-state index contributed by atoms with van der Waals surface area (Å²) in [5, 5.41) is 68.6.